The molecule has 0 unspecified atom stereocenters. The quantitative estimate of drug-likeness (QED) is 0.441. The van der Waals surface area contributed by atoms with E-state index in [-0.39, 0.29) is 18.6 Å². The topological polar surface area (TPSA) is 86.8 Å². The minimum absolute atomic E-state index is 0.185. The predicted molar refractivity (Wildman–Crippen MR) is 143 cm³/mol. The number of carbonyl (C=O) groups is 2. The summed E-state index contributed by atoms with van der Waals surface area (Å²) in [6.45, 7) is -0.283. The van der Waals surface area contributed by atoms with Crippen molar-refractivity contribution in [1.29, 1.82) is 0 Å². The van der Waals surface area contributed by atoms with Gasteiger partial charge in [0.1, 0.15) is 0 Å². The van der Waals surface area contributed by atoms with Gasteiger partial charge in [0.15, 0.2) is 18.1 Å². The largest absolute Gasteiger partial charge is 0.493 e. The molecular weight excluding hydrogens is 468 g/mol. The van der Waals surface area contributed by atoms with E-state index >= 15 is 0 Å². The third-order valence-electron chi connectivity index (χ3n) is 7.18. The normalized spacial score (nSPS) is 16.4. The maximum Gasteiger partial charge on any atom is 0.339 e. The summed E-state index contributed by atoms with van der Waals surface area (Å²) in [4.78, 5) is 30.8. The lowest BCUT2D eigenvalue weighted by Crippen LogP contribution is -2.36. The first kappa shape index (κ1) is 24.8. The van der Waals surface area contributed by atoms with E-state index in [1.54, 1.807) is 14.2 Å². The summed E-state index contributed by atoms with van der Waals surface area (Å²) in [5.41, 5.74) is 4.92. The Morgan fingerprint density at radius 1 is 1.00 bits per heavy atom. The van der Waals surface area contributed by atoms with Crippen LogP contribution in [0.25, 0.3) is 22.6 Å². The van der Waals surface area contributed by atoms with Gasteiger partial charge in [0.2, 0.25) is 0 Å². The van der Waals surface area contributed by atoms with Crippen molar-refractivity contribution in [1.82, 2.24) is 10.3 Å². The molecule has 1 saturated carbocycles. The van der Waals surface area contributed by atoms with Crippen molar-refractivity contribution in [3.63, 3.8) is 0 Å². The third kappa shape index (κ3) is 5.31. The van der Waals surface area contributed by atoms with Crippen molar-refractivity contribution in [2.45, 2.75) is 51.0 Å². The Bertz CT molecular complexity index is 1360. The molecule has 1 amide bonds. The van der Waals surface area contributed by atoms with E-state index in [9.17, 15) is 9.59 Å². The van der Waals surface area contributed by atoms with Crippen LogP contribution in [0.1, 0.15) is 65.7 Å². The van der Waals surface area contributed by atoms with Crippen LogP contribution in [0.2, 0.25) is 0 Å². The molecule has 0 radical (unpaired) electrons. The molecule has 2 aliphatic carbocycles. The number of benzene rings is 2. The molecule has 2 aliphatic rings. The number of amides is 1. The van der Waals surface area contributed by atoms with Gasteiger partial charge < -0.3 is 19.5 Å². The number of aromatic nitrogens is 1. The van der Waals surface area contributed by atoms with E-state index < -0.39 is 5.97 Å². The van der Waals surface area contributed by atoms with E-state index in [4.69, 9.17) is 19.2 Å². The van der Waals surface area contributed by atoms with E-state index in [0.717, 1.165) is 78.2 Å². The molecule has 0 saturated heterocycles. The number of hydrogen-bond acceptors (Lipinski definition) is 6. The number of fused-ring (bicyclic) bond motifs is 2. The summed E-state index contributed by atoms with van der Waals surface area (Å²) in [6, 6.07) is 13.6. The van der Waals surface area contributed by atoms with Crippen molar-refractivity contribution in [3.8, 4) is 11.5 Å². The van der Waals surface area contributed by atoms with Crippen LogP contribution in [-0.2, 0) is 16.0 Å². The molecule has 5 rings (SSSR count). The van der Waals surface area contributed by atoms with E-state index in [1.807, 2.05) is 42.5 Å². The molecule has 37 heavy (non-hydrogen) atoms. The SMILES string of the molecule is COc1ccc(C=C2CCCc3c2nc2ccccc2c3C(=O)OCC(=O)NC2CCCC2)cc1OC. The van der Waals surface area contributed by atoms with Crippen LogP contribution >= 0.6 is 0 Å². The highest BCUT2D eigenvalue weighted by Crippen LogP contribution is 2.37. The Morgan fingerprint density at radius 2 is 1.78 bits per heavy atom. The lowest BCUT2D eigenvalue weighted by Gasteiger charge is -2.22. The van der Waals surface area contributed by atoms with Gasteiger partial charge in [-0.25, -0.2) is 9.78 Å². The third-order valence-corrected chi connectivity index (χ3v) is 7.18. The molecule has 0 aliphatic heterocycles. The summed E-state index contributed by atoms with van der Waals surface area (Å²) < 4.78 is 16.4. The van der Waals surface area contributed by atoms with Gasteiger partial charge in [0, 0.05) is 11.4 Å². The number of methoxy groups -OCH3 is 2. The van der Waals surface area contributed by atoms with Gasteiger partial charge >= 0.3 is 5.97 Å². The smallest absolute Gasteiger partial charge is 0.339 e. The number of ether oxygens (including phenoxy) is 3. The number of esters is 1. The molecule has 192 valence electrons. The van der Waals surface area contributed by atoms with Crippen molar-refractivity contribution in [2.24, 2.45) is 0 Å². The fourth-order valence-electron chi connectivity index (χ4n) is 5.39. The lowest BCUT2D eigenvalue weighted by atomic mass is 9.86. The van der Waals surface area contributed by atoms with Gasteiger partial charge in [0.05, 0.1) is 31.0 Å². The zero-order chi connectivity index (χ0) is 25.8. The molecule has 3 aromatic rings. The molecule has 7 nitrogen and oxygen atoms in total. The molecule has 1 fully saturated rings. The van der Waals surface area contributed by atoms with E-state index in [1.165, 1.54) is 0 Å². The number of pyridine rings is 1. The van der Waals surface area contributed by atoms with E-state index in [2.05, 4.69) is 11.4 Å². The summed E-state index contributed by atoms with van der Waals surface area (Å²) in [6.07, 6.45) is 8.74. The van der Waals surface area contributed by atoms with Crippen LogP contribution in [0.5, 0.6) is 11.5 Å². The summed E-state index contributed by atoms with van der Waals surface area (Å²) in [5, 5.41) is 3.73. The maximum absolute atomic E-state index is 13.4. The monoisotopic (exact) mass is 500 g/mol. The second kappa shape index (κ2) is 11.0. The molecule has 2 aromatic carbocycles. The molecule has 1 heterocycles. The number of carbonyl (C=O) groups excluding carboxylic acids is 2. The highest BCUT2D eigenvalue weighted by atomic mass is 16.5. The highest BCUT2D eigenvalue weighted by Gasteiger charge is 2.27. The fourth-order valence-corrected chi connectivity index (χ4v) is 5.39. The van der Waals surface area contributed by atoms with Crippen molar-refractivity contribution < 1.29 is 23.8 Å². The fraction of sp³-hybridized carbons (Fsp3) is 0.367. The molecule has 7 heteroatoms. The summed E-state index contributed by atoms with van der Waals surface area (Å²) >= 11 is 0. The van der Waals surface area contributed by atoms with Crippen LogP contribution in [0.15, 0.2) is 42.5 Å². The first-order valence-corrected chi connectivity index (χ1v) is 12.9. The van der Waals surface area contributed by atoms with Gasteiger partial charge in [-0.3, -0.25) is 4.79 Å². The van der Waals surface area contributed by atoms with Crippen molar-refractivity contribution >= 4 is 34.4 Å². The number of allylic oxidation sites excluding steroid dienone is 1. The number of nitrogens with one attached hydrogen (secondary N) is 1. The average molecular weight is 501 g/mol. The second-order valence-electron chi connectivity index (χ2n) is 9.59. The Morgan fingerprint density at radius 3 is 2.57 bits per heavy atom. The molecule has 1 aromatic heterocycles. The number of rotatable bonds is 7. The van der Waals surface area contributed by atoms with Crippen LogP contribution < -0.4 is 14.8 Å². The Kier molecular flexibility index (Phi) is 7.40. The zero-order valence-corrected chi connectivity index (χ0v) is 21.3. The van der Waals surface area contributed by atoms with Crippen LogP contribution in [0, 0.1) is 0 Å². The Labute approximate surface area is 216 Å². The Hall–Kier alpha value is -3.87. The number of nitrogens with zero attached hydrogens (tertiary/aromatic N) is 1. The Balaban J connectivity index is 1.48. The first-order valence-electron chi connectivity index (χ1n) is 12.9. The van der Waals surface area contributed by atoms with Gasteiger partial charge in [-0.05, 0) is 73.1 Å². The van der Waals surface area contributed by atoms with Gasteiger partial charge in [-0.15, -0.1) is 0 Å². The average Bonchev–Trinajstić information content (AvgIpc) is 3.43. The summed E-state index contributed by atoms with van der Waals surface area (Å²) in [7, 11) is 3.23. The minimum atomic E-state index is -0.483. The van der Waals surface area contributed by atoms with Crippen molar-refractivity contribution in [3.05, 3.63) is 64.8 Å². The highest BCUT2D eigenvalue weighted by molar-refractivity contribution is 6.07. The number of hydrogen-bond donors (Lipinski definition) is 1. The van der Waals surface area contributed by atoms with Gasteiger partial charge in [-0.1, -0.05) is 37.1 Å². The second-order valence-corrected chi connectivity index (χ2v) is 9.59. The van der Waals surface area contributed by atoms with Gasteiger partial charge in [-0.2, -0.15) is 0 Å². The van der Waals surface area contributed by atoms with E-state index in [0.29, 0.717) is 17.1 Å². The van der Waals surface area contributed by atoms with Gasteiger partial charge in [0.25, 0.3) is 5.91 Å². The molecule has 0 bridgehead atoms. The van der Waals surface area contributed by atoms with Crippen LogP contribution in [-0.4, -0.2) is 43.7 Å². The molecule has 0 spiro atoms. The number of para-hydroxylation sites is 1. The standard InChI is InChI=1S/C30H32N2O5/c1-35-25-15-14-19(17-26(25)36-2)16-20-8-7-12-23-28(22-11-5-6-13-24(22)32-29(20)23)30(34)37-18-27(33)31-21-9-3-4-10-21/h5-6,11,13-17,21H,3-4,7-10,12,18H2,1-2H3,(H,31,33). The zero-order valence-electron chi connectivity index (χ0n) is 21.3. The maximum atomic E-state index is 13.4. The molecule has 0 atom stereocenters. The minimum Gasteiger partial charge on any atom is -0.493 e. The van der Waals surface area contributed by atoms with Crippen LogP contribution in [0.4, 0.5) is 0 Å². The molecule has 1 N–H and O–H groups in total. The summed E-state index contributed by atoms with van der Waals surface area (Å²) in [5.74, 6) is 0.588. The first-order chi connectivity index (χ1) is 18.1. The predicted octanol–water partition coefficient (Wildman–Crippen LogP) is 5.34. The van der Waals surface area contributed by atoms with Crippen LogP contribution in [0.3, 0.4) is 0 Å². The van der Waals surface area contributed by atoms with Crippen molar-refractivity contribution in [2.75, 3.05) is 20.8 Å². The molecular formula is C30H32N2O5. The lowest BCUT2D eigenvalue weighted by molar-refractivity contribution is -0.124.